The standard InChI is InChI=1S/C4H11N5/c1-7-9-4(8-6)2-3-5/h1-3,5-6H2,(H,8,9). The Bertz CT molecular complexity index is 108. The van der Waals surface area contributed by atoms with Gasteiger partial charge in [-0.1, -0.05) is 0 Å². The van der Waals surface area contributed by atoms with Crippen molar-refractivity contribution in [1.82, 2.24) is 5.43 Å². The Hall–Kier alpha value is -0.940. The molecule has 0 fully saturated rings. The Morgan fingerprint density at radius 2 is 2.33 bits per heavy atom. The number of nitrogens with two attached hydrogens (primary N) is 2. The fourth-order valence-corrected chi connectivity index (χ4v) is 0.373. The highest BCUT2D eigenvalue weighted by Gasteiger charge is 1.90. The van der Waals surface area contributed by atoms with Gasteiger partial charge in [0, 0.05) is 13.1 Å². The van der Waals surface area contributed by atoms with E-state index in [0.29, 0.717) is 18.8 Å². The smallest absolute Gasteiger partial charge is 0.140 e. The highest BCUT2D eigenvalue weighted by molar-refractivity contribution is 5.81. The molecule has 5 N–H and O–H groups in total. The summed E-state index contributed by atoms with van der Waals surface area (Å²) in [6.07, 6.45) is 0.593. The fraction of sp³-hybridized carbons (Fsp3) is 0.500. The van der Waals surface area contributed by atoms with Gasteiger partial charge in [0.25, 0.3) is 0 Å². The minimum Gasteiger partial charge on any atom is -0.330 e. The van der Waals surface area contributed by atoms with Crippen LogP contribution in [0.15, 0.2) is 10.2 Å². The van der Waals surface area contributed by atoms with Crippen LogP contribution >= 0.6 is 0 Å². The van der Waals surface area contributed by atoms with Crippen molar-refractivity contribution in [3.05, 3.63) is 0 Å². The molecule has 0 rings (SSSR count). The Balaban J connectivity index is 3.66. The molecule has 0 heterocycles. The average Bonchev–Trinajstić information content (AvgIpc) is 1.88. The van der Waals surface area contributed by atoms with Crippen LogP contribution in [0.2, 0.25) is 0 Å². The van der Waals surface area contributed by atoms with Gasteiger partial charge in [0.15, 0.2) is 0 Å². The highest BCUT2D eigenvalue weighted by Crippen LogP contribution is 1.78. The van der Waals surface area contributed by atoms with E-state index in [4.69, 9.17) is 11.6 Å². The van der Waals surface area contributed by atoms with E-state index in [9.17, 15) is 0 Å². The van der Waals surface area contributed by atoms with Crippen LogP contribution in [-0.2, 0) is 0 Å². The third-order valence-electron chi connectivity index (χ3n) is 0.739. The van der Waals surface area contributed by atoms with Gasteiger partial charge in [-0.3, -0.25) is 0 Å². The Morgan fingerprint density at radius 1 is 1.67 bits per heavy atom. The normalized spacial score (nSPS) is 11.1. The topological polar surface area (TPSA) is 88.8 Å². The molecule has 52 valence electrons. The third kappa shape index (κ3) is 3.63. The van der Waals surface area contributed by atoms with Crippen molar-refractivity contribution in [2.75, 3.05) is 6.54 Å². The van der Waals surface area contributed by atoms with Gasteiger partial charge in [-0.05, 0) is 6.54 Å². The van der Waals surface area contributed by atoms with Crippen LogP contribution in [0.4, 0.5) is 0 Å². The molecule has 0 aromatic heterocycles. The van der Waals surface area contributed by atoms with Crippen molar-refractivity contribution in [2.24, 2.45) is 21.8 Å². The first-order valence-corrected chi connectivity index (χ1v) is 2.54. The molecular formula is C4H11N5. The zero-order chi connectivity index (χ0) is 7.11. The van der Waals surface area contributed by atoms with Crippen molar-refractivity contribution in [3.8, 4) is 0 Å². The van der Waals surface area contributed by atoms with Crippen molar-refractivity contribution >= 4 is 12.6 Å². The highest BCUT2D eigenvalue weighted by atomic mass is 15.3. The molecule has 0 radical (unpaired) electrons. The summed E-state index contributed by atoms with van der Waals surface area (Å²) in [6.45, 7) is 3.66. The number of nitrogens with one attached hydrogen (secondary N) is 1. The summed E-state index contributed by atoms with van der Waals surface area (Å²) in [6, 6.07) is 0. The lowest BCUT2D eigenvalue weighted by molar-refractivity contribution is 0.919. The summed E-state index contributed by atoms with van der Waals surface area (Å²) < 4.78 is 0. The average molecular weight is 129 g/mol. The zero-order valence-electron chi connectivity index (χ0n) is 5.17. The minimum absolute atomic E-state index is 0.499. The van der Waals surface area contributed by atoms with Crippen LogP contribution in [0.5, 0.6) is 0 Å². The molecule has 0 amide bonds. The third-order valence-corrected chi connectivity index (χ3v) is 0.739. The van der Waals surface area contributed by atoms with E-state index in [1.54, 1.807) is 0 Å². The zero-order valence-corrected chi connectivity index (χ0v) is 5.17. The Labute approximate surface area is 53.8 Å². The molecule has 0 aliphatic rings. The molecule has 9 heavy (non-hydrogen) atoms. The molecule has 0 unspecified atom stereocenters. The van der Waals surface area contributed by atoms with Crippen molar-refractivity contribution in [3.63, 3.8) is 0 Å². The molecule has 0 spiro atoms. The molecule has 0 aromatic carbocycles. The molecule has 5 nitrogen and oxygen atoms in total. The predicted molar refractivity (Wildman–Crippen MR) is 38.0 cm³/mol. The summed E-state index contributed by atoms with van der Waals surface area (Å²) >= 11 is 0. The number of hydrazine groups is 1. The van der Waals surface area contributed by atoms with Crippen LogP contribution < -0.4 is 17.0 Å². The van der Waals surface area contributed by atoms with E-state index >= 15 is 0 Å². The summed E-state index contributed by atoms with van der Waals surface area (Å²) in [5.74, 6) is 5.57. The first-order chi connectivity index (χ1) is 4.35. The van der Waals surface area contributed by atoms with Crippen molar-refractivity contribution in [1.29, 1.82) is 0 Å². The summed E-state index contributed by atoms with van der Waals surface area (Å²) in [5, 5.41) is 6.81. The van der Waals surface area contributed by atoms with E-state index in [0.717, 1.165) is 0 Å². The molecule has 0 atom stereocenters. The van der Waals surface area contributed by atoms with Gasteiger partial charge in [0.2, 0.25) is 0 Å². The number of hydrogen-bond acceptors (Lipinski definition) is 4. The lowest BCUT2D eigenvalue weighted by Gasteiger charge is -1.98. The van der Waals surface area contributed by atoms with Gasteiger partial charge in [-0.15, -0.1) is 5.10 Å². The maximum atomic E-state index is 5.20. The minimum atomic E-state index is 0.499. The molecule has 0 aromatic rings. The molecule has 0 aliphatic heterocycles. The van der Waals surface area contributed by atoms with Crippen LogP contribution in [0, 0.1) is 0 Å². The van der Waals surface area contributed by atoms with Crippen LogP contribution in [0.1, 0.15) is 6.42 Å². The summed E-state index contributed by atoms with van der Waals surface area (Å²) in [4.78, 5) is 0. The number of amidine groups is 1. The van der Waals surface area contributed by atoms with Crippen molar-refractivity contribution in [2.45, 2.75) is 6.42 Å². The van der Waals surface area contributed by atoms with E-state index in [1.807, 2.05) is 0 Å². The Kier molecular flexibility index (Phi) is 4.66. The first kappa shape index (κ1) is 8.06. The number of nitrogens with zero attached hydrogens (tertiary/aromatic N) is 2. The Morgan fingerprint density at radius 3 is 2.67 bits per heavy atom. The van der Waals surface area contributed by atoms with E-state index < -0.39 is 0 Å². The molecule has 0 aliphatic carbocycles. The van der Waals surface area contributed by atoms with Crippen LogP contribution in [0.25, 0.3) is 0 Å². The molecule has 0 saturated heterocycles. The second-order valence-electron chi connectivity index (χ2n) is 1.37. The maximum Gasteiger partial charge on any atom is 0.140 e. The van der Waals surface area contributed by atoms with Crippen LogP contribution in [-0.4, -0.2) is 19.1 Å². The molecule has 0 bridgehead atoms. The molecule has 5 heteroatoms. The molecular weight excluding hydrogens is 118 g/mol. The van der Waals surface area contributed by atoms with Gasteiger partial charge in [0.05, 0.1) is 0 Å². The quantitative estimate of drug-likeness (QED) is 0.194. The van der Waals surface area contributed by atoms with E-state index in [2.05, 4.69) is 22.3 Å². The summed E-state index contributed by atoms with van der Waals surface area (Å²) in [7, 11) is 0. The second kappa shape index (κ2) is 5.20. The van der Waals surface area contributed by atoms with Gasteiger partial charge in [-0.25, -0.2) is 5.84 Å². The predicted octanol–water partition coefficient (Wildman–Crippen LogP) is -1.19. The SMILES string of the molecule is C=N/N=C(/CCN)NN. The van der Waals surface area contributed by atoms with E-state index in [-0.39, 0.29) is 0 Å². The van der Waals surface area contributed by atoms with Gasteiger partial charge >= 0.3 is 0 Å². The maximum absolute atomic E-state index is 5.20. The monoisotopic (exact) mass is 129 g/mol. The second-order valence-corrected chi connectivity index (χ2v) is 1.37. The fourth-order valence-electron chi connectivity index (χ4n) is 0.373. The number of hydrogen-bond donors (Lipinski definition) is 3. The lowest BCUT2D eigenvalue weighted by Crippen LogP contribution is -2.31. The largest absolute Gasteiger partial charge is 0.330 e. The van der Waals surface area contributed by atoms with Gasteiger partial charge in [-0.2, -0.15) is 5.10 Å². The van der Waals surface area contributed by atoms with E-state index in [1.165, 1.54) is 0 Å². The van der Waals surface area contributed by atoms with Gasteiger partial charge < -0.3 is 11.2 Å². The lowest BCUT2D eigenvalue weighted by atomic mass is 10.4. The van der Waals surface area contributed by atoms with Crippen molar-refractivity contribution < 1.29 is 0 Å². The molecule has 0 saturated carbocycles. The first-order valence-electron chi connectivity index (χ1n) is 2.54. The van der Waals surface area contributed by atoms with Crippen LogP contribution in [0.3, 0.4) is 0 Å². The number of rotatable bonds is 3. The van der Waals surface area contributed by atoms with Gasteiger partial charge in [0.1, 0.15) is 5.84 Å². The summed E-state index contributed by atoms with van der Waals surface area (Å²) in [5.41, 5.74) is 7.54.